The molecule has 2 aliphatic heterocycles. The first-order valence-corrected chi connectivity index (χ1v) is 9.02. The number of hydrogen-bond donors (Lipinski definition) is 0. The van der Waals surface area contributed by atoms with Gasteiger partial charge in [0.15, 0.2) is 0 Å². The van der Waals surface area contributed by atoms with Gasteiger partial charge in [0.1, 0.15) is 0 Å². The van der Waals surface area contributed by atoms with Gasteiger partial charge < -0.3 is 9.80 Å². The molecule has 1 fully saturated rings. The number of rotatable bonds is 5. The third-order valence-corrected chi connectivity index (χ3v) is 5.39. The van der Waals surface area contributed by atoms with Gasteiger partial charge in [-0.25, -0.2) is 0 Å². The van der Waals surface area contributed by atoms with Crippen molar-refractivity contribution >= 4 is 23.1 Å². The third-order valence-electron chi connectivity index (χ3n) is 4.83. The number of nitrogens with zero attached hydrogens (tertiary/aromatic N) is 4. The molecule has 6 heteroatoms. The van der Waals surface area contributed by atoms with Crippen LogP contribution in [0.5, 0.6) is 0 Å². The van der Waals surface area contributed by atoms with Gasteiger partial charge in [-0.05, 0) is 36.0 Å². The minimum atomic E-state index is 0.321. The lowest BCUT2D eigenvalue weighted by molar-refractivity contribution is -0.127. The van der Waals surface area contributed by atoms with E-state index in [2.05, 4.69) is 38.8 Å². The van der Waals surface area contributed by atoms with E-state index in [4.69, 9.17) is 0 Å². The Morgan fingerprint density at radius 3 is 2.96 bits per heavy atom. The van der Waals surface area contributed by atoms with E-state index in [1.807, 2.05) is 10.3 Å². The van der Waals surface area contributed by atoms with Gasteiger partial charge in [0.25, 0.3) is 0 Å². The zero-order valence-corrected chi connectivity index (χ0v) is 13.8. The minimum absolute atomic E-state index is 0.321. The summed E-state index contributed by atoms with van der Waals surface area (Å²) in [5.41, 5.74) is 3.74. The maximum absolute atomic E-state index is 11.8. The highest BCUT2D eigenvalue weighted by Crippen LogP contribution is 2.38. The van der Waals surface area contributed by atoms with Crippen LogP contribution < -0.4 is 4.90 Å². The van der Waals surface area contributed by atoms with Crippen molar-refractivity contribution in [1.29, 1.82) is 0 Å². The van der Waals surface area contributed by atoms with Crippen LogP contribution in [0, 0.1) is 0 Å². The first-order valence-electron chi connectivity index (χ1n) is 8.19. The number of likely N-dealkylation sites (tertiary alicyclic amines) is 1. The summed E-state index contributed by atoms with van der Waals surface area (Å²) in [4.78, 5) is 16.2. The van der Waals surface area contributed by atoms with Gasteiger partial charge in [0, 0.05) is 43.0 Å². The molecule has 0 saturated carbocycles. The van der Waals surface area contributed by atoms with Crippen LogP contribution in [0.2, 0.25) is 0 Å². The Bertz CT molecular complexity index is 688. The molecule has 2 aromatic rings. The molecule has 1 saturated heterocycles. The molecular formula is C17H20N4OS. The number of benzene rings is 1. The van der Waals surface area contributed by atoms with E-state index in [0.717, 1.165) is 51.1 Å². The van der Waals surface area contributed by atoms with Crippen molar-refractivity contribution in [2.24, 2.45) is 0 Å². The number of anilines is 1. The molecule has 1 atom stereocenters. The maximum Gasteiger partial charge on any atom is 0.222 e. The number of amides is 1. The molecule has 0 aliphatic carbocycles. The first kappa shape index (κ1) is 14.6. The summed E-state index contributed by atoms with van der Waals surface area (Å²) in [5, 5.41) is 6.18. The smallest absolute Gasteiger partial charge is 0.222 e. The van der Waals surface area contributed by atoms with E-state index in [-0.39, 0.29) is 0 Å². The average Bonchev–Trinajstić information content (AvgIpc) is 3.28. The van der Waals surface area contributed by atoms with Crippen molar-refractivity contribution in [3.8, 4) is 0 Å². The Morgan fingerprint density at radius 2 is 2.17 bits per heavy atom. The second kappa shape index (κ2) is 6.28. The zero-order valence-electron chi connectivity index (χ0n) is 13.0. The number of hydrogen-bond acceptors (Lipinski definition) is 5. The first-order chi connectivity index (χ1) is 11.3. The van der Waals surface area contributed by atoms with Crippen molar-refractivity contribution in [1.82, 2.24) is 14.5 Å². The largest absolute Gasteiger partial charge is 0.365 e. The highest BCUT2D eigenvalue weighted by molar-refractivity contribution is 7.03. The molecule has 1 aromatic heterocycles. The van der Waals surface area contributed by atoms with E-state index < -0.39 is 0 Å². The molecule has 1 aromatic carbocycles. The number of para-hydroxylation sites is 1. The highest BCUT2D eigenvalue weighted by atomic mass is 32.1. The average molecular weight is 328 g/mol. The van der Waals surface area contributed by atoms with E-state index in [9.17, 15) is 4.79 Å². The lowest BCUT2D eigenvalue weighted by Gasteiger charge is -2.20. The SMILES string of the molecule is O=C1CCCN1CC[C@@H]1CN(Cc2csnn2)c2ccccc21. The number of aromatic nitrogens is 2. The lowest BCUT2D eigenvalue weighted by atomic mass is 9.98. The topological polar surface area (TPSA) is 49.3 Å². The Balaban J connectivity index is 1.47. The summed E-state index contributed by atoms with van der Waals surface area (Å²) in [6.45, 7) is 3.62. The van der Waals surface area contributed by atoms with Gasteiger partial charge in [-0.1, -0.05) is 22.7 Å². The third kappa shape index (κ3) is 2.95. The maximum atomic E-state index is 11.8. The summed E-state index contributed by atoms with van der Waals surface area (Å²) < 4.78 is 3.96. The van der Waals surface area contributed by atoms with Crippen LogP contribution >= 0.6 is 11.5 Å². The quantitative estimate of drug-likeness (QED) is 0.847. The predicted octanol–water partition coefficient (Wildman–Crippen LogP) is 2.65. The normalized spacial score (nSPS) is 20.3. The Morgan fingerprint density at radius 1 is 1.26 bits per heavy atom. The van der Waals surface area contributed by atoms with Crippen LogP contribution in [0.15, 0.2) is 29.6 Å². The summed E-state index contributed by atoms with van der Waals surface area (Å²) in [6.07, 6.45) is 2.78. The van der Waals surface area contributed by atoms with Crippen LogP contribution in [0.3, 0.4) is 0 Å². The molecule has 4 rings (SSSR count). The Labute approximate surface area is 140 Å². The van der Waals surface area contributed by atoms with Gasteiger partial charge in [-0.2, -0.15) is 0 Å². The molecule has 0 N–H and O–H groups in total. The molecule has 2 aliphatic rings. The van der Waals surface area contributed by atoms with Crippen molar-refractivity contribution in [2.45, 2.75) is 31.7 Å². The van der Waals surface area contributed by atoms with Crippen molar-refractivity contribution < 1.29 is 4.79 Å². The van der Waals surface area contributed by atoms with E-state index in [0.29, 0.717) is 11.8 Å². The fourth-order valence-corrected chi connectivity index (χ4v) is 4.12. The second-order valence-electron chi connectivity index (χ2n) is 6.31. The lowest BCUT2D eigenvalue weighted by Crippen LogP contribution is -2.28. The zero-order chi connectivity index (χ0) is 15.6. The van der Waals surface area contributed by atoms with E-state index >= 15 is 0 Å². The van der Waals surface area contributed by atoms with Crippen LogP contribution in [0.1, 0.15) is 36.4 Å². The second-order valence-corrected chi connectivity index (χ2v) is 6.92. The van der Waals surface area contributed by atoms with E-state index in [1.54, 1.807) is 0 Å². The van der Waals surface area contributed by atoms with Crippen molar-refractivity contribution in [2.75, 3.05) is 24.5 Å². The fraction of sp³-hybridized carbons (Fsp3) is 0.471. The van der Waals surface area contributed by atoms with Gasteiger partial charge in [0.2, 0.25) is 5.91 Å². The summed E-state index contributed by atoms with van der Waals surface area (Å²) >= 11 is 1.40. The fourth-order valence-electron chi connectivity index (χ4n) is 3.68. The molecule has 0 radical (unpaired) electrons. The number of carbonyl (C=O) groups excluding carboxylic acids is 1. The van der Waals surface area contributed by atoms with Crippen LogP contribution in [0.4, 0.5) is 5.69 Å². The molecule has 120 valence electrons. The summed E-state index contributed by atoms with van der Waals surface area (Å²) in [6, 6.07) is 8.62. The van der Waals surface area contributed by atoms with Gasteiger partial charge in [-0.15, -0.1) is 5.10 Å². The molecular weight excluding hydrogens is 308 g/mol. The molecule has 1 amide bonds. The van der Waals surface area contributed by atoms with Gasteiger partial charge in [0.05, 0.1) is 12.2 Å². The van der Waals surface area contributed by atoms with Crippen LogP contribution in [0.25, 0.3) is 0 Å². The molecule has 0 bridgehead atoms. The van der Waals surface area contributed by atoms with Crippen molar-refractivity contribution in [3.05, 3.63) is 40.9 Å². The van der Waals surface area contributed by atoms with E-state index in [1.165, 1.54) is 22.8 Å². The van der Waals surface area contributed by atoms with Gasteiger partial charge >= 0.3 is 0 Å². The Hall–Kier alpha value is -1.95. The van der Waals surface area contributed by atoms with Crippen LogP contribution in [-0.4, -0.2) is 40.0 Å². The Kier molecular flexibility index (Phi) is 3.99. The number of fused-ring (bicyclic) bond motifs is 1. The molecule has 23 heavy (non-hydrogen) atoms. The minimum Gasteiger partial charge on any atom is -0.365 e. The van der Waals surface area contributed by atoms with Gasteiger partial charge in [-0.3, -0.25) is 4.79 Å². The molecule has 0 unspecified atom stereocenters. The molecule has 3 heterocycles. The molecule has 0 spiro atoms. The summed E-state index contributed by atoms with van der Waals surface area (Å²) in [7, 11) is 0. The van der Waals surface area contributed by atoms with Crippen molar-refractivity contribution in [3.63, 3.8) is 0 Å². The van der Waals surface area contributed by atoms with Crippen LogP contribution in [-0.2, 0) is 11.3 Å². The monoisotopic (exact) mass is 328 g/mol. The standard InChI is InChI=1S/C17H20N4OS/c22-17-6-3-8-20(17)9-7-13-10-21(11-14-12-23-19-18-14)16-5-2-1-4-15(13)16/h1-2,4-5,12-13H,3,6-11H2/t13-/m1/s1. The molecule has 5 nitrogen and oxygen atoms in total. The highest BCUT2D eigenvalue weighted by Gasteiger charge is 2.30. The number of carbonyl (C=O) groups is 1. The summed E-state index contributed by atoms with van der Waals surface area (Å²) in [5.74, 6) is 0.813. The predicted molar refractivity (Wildman–Crippen MR) is 90.6 cm³/mol.